The number of hydrogen-bond donors (Lipinski definition) is 1. The van der Waals surface area contributed by atoms with E-state index in [4.69, 9.17) is 0 Å². The second-order valence-electron chi connectivity index (χ2n) is 5.82. The van der Waals surface area contributed by atoms with Crippen molar-refractivity contribution >= 4 is 15.9 Å². The van der Waals surface area contributed by atoms with Gasteiger partial charge in [0.25, 0.3) is 0 Å². The predicted octanol–water partition coefficient (Wildman–Crippen LogP) is 4.92. The first kappa shape index (κ1) is 14.1. The van der Waals surface area contributed by atoms with Crippen LogP contribution in [0.2, 0.25) is 0 Å². The largest absolute Gasteiger partial charge is 0.307 e. The molecule has 1 aliphatic carbocycles. The summed E-state index contributed by atoms with van der Waals surface area (Å²) < 4.78 is 1.21. The van der Waals surface area contributed by atoms with E-state index >= 15 is 0 Å². The fourth-order valence-electron chi connectivity index (χ4n) is 3.22. The highest BCUT2D eigenvalue weighted by Gasteiger charge is 2.28. The Hall–Kier alpha value is -0.340. The van der Waals surface area contributed by atoms with Crippen LogP contribution in [-0.4, -0.2) is 6.04 Å². The van der Waals surface area contributed by atoms with Crippen LogP contribution in [0.15, 0.2) is 28.7 Å². The number of halogens is 1. The zero-order valence-electron chi connectivity index (χ0n) is 11.6. The van der Waals surface area contributed by atoms with Gasteiger partial charge in [-0.2, -0.15) is 0 Å². The molecule has 1 nitrogen and oxygen atoms in total. The molecule has 0 aromatic heterocycles. The van der Waals surface area contributed by atoms with E-state index in [9.17, 15) is 0 Å². The second-order valence-corrected chi connectivity index (χ2v) is 6.68. The molecule has 0 spiro atoms. The van der Waals surface area contributed by atoms with E-state index in [-0.39, 0.29) is 0 Å². The fraction of sp³-hybridized carbons (Fsp3) is 0.625. The van der Waals surface area contributed by atoms with Crippen LogP contribution in [0.25, 0.3) is 0 Å². The summed E-state index contributed by atoms with van der Waals surface area (Å²) >= 11 is 3.65. The first-order valence-electron chi connectivity index (χ1n) is 7.10. The maximum atomic E-state index is 3.85. The van der Waals surface area contributed by atoms with Crippen molar-refractivity contribution in [2.75, 3.05) is 0 Å². The highest BCUT2D eigenvalue weighted by atomic mass is 79.9. The van der Waals surface area contributed by atoms with Gasteiger partial charge in [-0.25, -0.2) is 0 Å². The van der Waals surface area contributed by atoms with Gasteiger partial charge in [0.15, 0.2) is 0 Å². The SMILES string of the molecule is CC1CCCC(C)C1N[C@H](C)c1ccccc1Br. The Labute approximate surface area is 119 Å². The van der Waals surface area contributed by atoms with Crippen LogP contribution in [0.5, 0.6) is 0 Å². The van der Waals surface area contributed by atoms with Crippen LogP contribution in [0.4, 0.5) is 0 Å². The third-order valence-corrected chi connectivity index (χ3v) is 5.08. The topological polar surface area (TPSA) is 12.0 Å². The average Bonchev–Trinajstić information content (AvgIpc) is 2.34. The summed E-state index contributed by atoms with van der Waals surface area (Å²) in [6.07, 6.45) is 4.12. The molecule has 1 N–H and O–H groups in total. The summed E-state index contributed by atoms with van der Waals surface area (Å²) in [5, 5.41) is 3.85. The third kappa shape index (κ3) is 3.16. The van der Waals surface area contributed by atoms with E-state index in [0.29, 0.717) is 12.1 Å². The van der Waals surface area contributed by atoms with Crippen molar-refractivity contribution < 1.29 is 0 Å². The minimum atomic E-state index is 0.411. The first-order chi connectivity index (χ1) is 8.59. The number of hydrogen-bond acceptors (Lipinski definition) is 1. The van der Waals surface area contributed by atoms with Gasteiger partial charge in [-0.3, -0.25) is 0 Å². The molecule has 1 fully saturated rings. The quantitative estimate of drug-likeness (QED) is 0.835. The fourth-order valence-corrected chi connectivity index (χ4v) is 3.84. The lowest BCUT2D eigenvalue weighted by Gasteiger charge is -2.37. The van der Waals surface area contributed by atoms with E-state index in [2.05, 4.69) is 66.3 Å². The maximum absolute atomic E-state index is 3.85. The van der Waals surface area contributed by atoms with Crippen LogP contribution < -0.4 is 5.32 Å². The summed E-state index contributed by atoms with van der Waals surface area (Å²) in [7, 11) is 0. The molecule has 100 valence electrons. The molecular formula is C16H24BrN. The van der Waals surface area contributed by atoms with E-state index in [1.54, 1.807) is 0 Å². The van der Waals surface area contributed by atoms with Crippen molar-refractivity contribution in [1.29, 1.82) is 0 Å². The molecule has 0 bridgehead atoms. The zero-order chi connectivity index (χ0) is 13.1. The Morgan fingerprint density at radius 3 is 2.39 bits per heavy atom. The average molecular weight is 310 g/mol. The van der Waals surface area contributed by atoms with Crippen molar-refractivity contribution in [2.24, 2.45) is 11.8 Å². The van der Waals surface area contributed by atoms with Crippen molar-refractivity contribution in [2.45, 2.75) is 52.1 Å². The van der Waals surface area contributed by atoms with Gasteiger partial charge in [-0.05, 0) is 43.2 Å². The van der Waals surface area contributed by atoms with Crippen LogP contribution in [0.1, 0.15) is 51.6 Å². The van der Waals surface area contributed by atoms with Crippen molar-refractivity contribution in [3.63, 3.8) is 0 Å². The van der Waals surface area contributed by atoms with Crippen LogP contribution >= 0.6 is 15.9 Å². The van der Waals surface area contributed by atoms with Crippen molar-refractivity contribution in [3.8, 4) is 0 Å². The van der Waals surface area contributed by atoms with E-state index in [1.807, 2.05) is 0 Å². The molecule has 3 atom stereocenters. The predicted molar refractivity (Wildman–Crippen MR) is 81.7 cm³/mol. The highest BCUT2D eigenvalue weighted by Crippen LogP contribution is 2.31. The lowest BCUT2D eigenvalue weighted by Crippen LogP contribution is -2.43. The molecular weight excluding hydrogens is 286 g/mol. The molecule has 1 aliphatic rings. The molecule has 0 amide bonds. The van der Waals surface area contributed by atoms with Gasteiger partial charge >= 0.3 is 0 Å². The minimum absolute atomic E-state index is 0.411. The minimum Gasteiger partial charge on any atom is -0.307 e. The van der Waals surface area contributed by atoms with Crippen LogP contribution in [0, 0.1) is 11.8 Å². The standard InChI is InChI=1S/C16H24BrN/c1-11-7-6-8-12(2)16(11)18-13(3)14-9-4-5-10-15(14)17/h4-5,9-13,16,18H,6-8H2,1-3H3/t11?,12?,13-,16?/m1/s1. The molecule has 1 aromatic rings. The van der Waals surface area contributed by atoms with Gasteiger partial charge in [0, 0.05) is 16.6 Å². The monoisotopic (exact) mass is 309 g/mol. The Balaban J connectivity index is 2.06. The molecule has 0 radical (unpaired) electrons. The third-order valence-electron chi connectivity index (χ3n) is 4.36. The molecule has 2 rings (SSSR count). The first-order valence-corrected chi connectivity index (χ1v) is 7.89. The molecule has 0 saturated heterocycles. The summed E-state index contributed by atoms with van der Waals surface area (Å²) in [4.78, 5) is 0. The molecule has 2 heteroatoms. The van der Waals surface area contributed by atoms with Gasteiger partial charge in [0.2, 0.25) is 0 Å². The number of nitrogens with one attached hydrogen (secondary N) is 1. The number of rotatable bonds is 3. The van der Waals surface area contributed by atoms with Gasteiger partial charge in [-0.15, -0.1) is 0 Å². The molecule has 1 saturated carbocycles. The Morgan fingerprint density at radius 1 is 1.17 bits per heavy atom. The van der Waals surface area contributed by atoms with Crippen LogP contribution in [-0.2, 0) is 0 Å². The summed E-state index contributed by atoms with van der Waals surface area (Å²) in [6.45, 7) is 7.05. The summed E-state index contributed by atoms with van der Waals surface area (Å²) in [6, 6.07) is 9.59. The molecule has 0 aliphatic heterocycles. The van der Waals surface area contributed by atoms with Crippen molar-refractivity contribution in [1.82, 2.24) is 5.32 Å². The summed E-state index contributed by atoms with van der Waals surface area (Å²) in [5.41, 5.74) is 1.36. The Morgan fingerprint density at radius 2 is 1.78 bits per heavy atom. The van der Waals surface area contributed by atoms with Gasteiger partial charge in [0.1, 0.15) is 0 Å². The van der Waals surface area contributed by atoms with Gasteiger partial charge in [-0.1, -0.05) is 54.4 Å². The second kappa shape index (κ2) is 6.21. The molecule has 18 heavy (non-hydrogen) atoms. The molecule has 0 heterocycles. The maximum Gasteiger partial charge on any atom is 0.0305 e. The highest BCUT2D eigenvalue weighted by molar-refractivity contribution is 9.10. The number of benzene rings is 1. The zero-order valence-corrected chi connectivity index (χ0v) is 13.2. The molecule has 2 unspecified atom stereocenters. The Bertz CT molecular complexity index is 380. The van der Waals surface area contributed by atoms with Crippen molar-refractivity contribution in [3.05, 3.63) is 34.3 Å². The van der Waals surface area contributed by atoms with Gasteiger partial charge < -0.3 is 5.32 Å². The lowest BCUT2D eigenvalue weighted by molar-refractivity contribution is 0.196. The van der Waals surface area contributed by atoms with Gasteiger partial charge in [0.05, 0.1) is 0 Å². The summed E-state index contributed by atoms with van der Waals surface area (Å²) in [5.74, 6) is 1.58. The van der Waals surface area contributed by atoms with E-state index in [0.717, 1.165) is 11.8 Å². The lowest BCUT2D eigenvalue weighted by atomic mass is 9.78. The molecule has 1 aromatic carbocycles. The van der Waals surface area contributed by atoms with Crippen LogP contribution in [0.3, 0.4) is 0 Å². The Kier molecular flexibility index (Phi) is 4.85. The normalized spacial score (nSPS) is 30.1. The van der Waals surface area contributed by atoms with E-state index in [1.165, 1.54) is 29.3 Å². The van der Waals surface area contributed by atoms with E-state index < -0.39 is 0 Å². The smallest absolute Gasteiger partial charge is 0.0305 e.